The molecular formula is C9H10BrNO2. The first-order valence-corrected chi connectivity index (χ1v) is 4.95. The van der Waals surface area contributed by atoms with E-state index in [9.17, 15) is 0 Å². The lowest BCUT2D eigenvalue weighted by Gasteiger charge is -2.25. The topological polar surface area (TPSA) is 31.4 Å². The highest BCUT2D eigenvalue weighted by Gasteiger charge is 2.19. The lowest BCUT2D eigenvalue weighted by atomic mass is 10.1. The number of aromatic nitrogens is 1. The number of hydrogen-bond acceptors (Lipinski definition) is 3. The van der Waals surface area contributed by atoms with Gasteiger partial charge in [-0.05, 0) is 22.0 Å². The number of hydrogen-bond donors (Lipinski definition) is 0. The molecule has 1 fully saturated rings. The molecule has 0 spiro atoms. The van der Waals surface area contributed by atoms with Crippen molar-refractivity contribution < 1.29 is 9.47 Å². The van der Waals surface area contributed by atoms with Gasteiger partial charge in [-0.25, -0.2) is 0 Å². The third-order valence-electron chi connectivity index (χ3n) is 1.92. The first-order chi connectivity index (χ1) is 6.36. The summed E-state index contributed by atoms with van der Waals surface area (Å²) >= 11 is 3.39. The molecule has 1 aliphatic heterocycles. The van der Waals surface area contributed by atoms with Crippen LogP contribution in [0.1, 0.15) is 0 Å². The van der Waals surface area contributed by atoms with E-state index in [0.717, 1.165) is 23.4 Å². The van der Waals surface area contributed by atoms with E-state index < -0.39 is 0 Å². The Balaban J connectivity index is 1.89. The van der Waals surface area contributed by atoms with Crippen LogP contribution < -0.4 is 4.74 Å². The van der Waals surface area contributed by atoms with Crippen LogP contribution in [0.25, 0.3) is 0 Å². The van der Waals surface area contributed by atoms with Crippen molar-refractivity contribution >= 4 is 15.9 Å². The fourth-order valence-electron chi connectivity index (χ4n) is 1.06. The molecule has 0 aromatic carbocycles. The van der Waals surface area contributed by atoms with Gasteiger partial charge >= 0.3 is 0 Å². The van der Waals surface area contributed by atoms with Gasteiger partial charge in [0.2, 0.25) is 0 Å². The summed E-state index contributed by atoms with van der Waals surface area (Å²) in [6.07, 6.45) is 3.44. The molecule has 1 aromatic heterocycles. The fourth-order valence-corrected chi connectivity index (χ4v) is 1.39. The monoisotopic (exact) mass is 243 g/mol. The number of ether oxygens (including phenoxy) is 2. The van der Waals surface area contributed by atoms with Crippen molar-refractivity contribution in [3.8, 4) is 5.75 Å². The van der Waals surface area contributed by atoms with E-state index >= 15 is 0 Å². The zero-order valence-corrected chi connectivity index (χ0v) is 8.66. The Morgan fingerprint density at radius 3 is 3.08 bits per heavy atom. The summed E-state index contributed by atoms with van der Waals surface area (Å²) in [6.45, 7) is 2.35. The second kappa shape index (κ2) is 4.07. The van der Waals surface area contributed by atoms with Gasteiger partial charge in [0.1, 0.15) is 0 Å². The third-order valence-corrected chi connectivity index (χ3v) is 2.57. The minimum Gasteiger partial charge on any atom is -0.490 e. The van der Waals surface area contributed by atoms with Crippen LogP contribution in [0.15, 0.2) is 22.9 Å². The Hall–Kier alpha value is -0.610. The highest BCUT2D eigenvalue weighted by Crippen LogP contribution is 2.23. The van der Waals surface area contributed by atoms with Crippen molar-refractivity contribution in [3.63, 3.8) is 0 Å². The van der Waals surface area contributed by atoms with Crippen LogP contribution in [0.4, 0.5) is 0 Å². The maximum Gasteiger partial charge on any atom is 0.151 e. The number of nitrogens with zero attached hydrogens (tertiary/aromatic N) is 1. The molecule has 0 radical (unpaired) electrons. The minimum atomic E-state index is 0.548. The summed E-state index contributed by atoms with van der Waals surface area (Å²) in [5, 5.41) is 0. The molecule has 3 nitrogen and oxygen atoms in total. The normalized spacial score (nSPS) is 16.7. The molecule has 2 heterocycles. The molecular weight excluding hydrogens is 234 g/mol. The molecule has 4 heteroatoms. The first-order valence-electron chi connectivity index (χ1n) is 4.16. The summed E-state index contributed by atoms with van der Waals surface area (Å²) in [7, 11) is 0. The van der Waals surface area contributed by atoms with Crippen LogP contribution in [-0.4, -0.2) is 24.8 Å². The molecule has 0 unspecified atom stereocenters. The maximum absolute atomic E-state index is 5.55. The maximum atomic E-state index is 5.55. The fraction of sp³-hybridized carbons (Fsp3) is 0.444. The quantitative estimate of drug-likeness (QED) is 0.813. The van der Waals surface area contributed by atoms with Crippen molar-refractivity contribution in [2.24, 2.45) is 5.92 Å². The first kappa shape index (κ1) is 8.97. The van der Waals surface area contributed by atoms with E-state index in [1.165, 1.54) is 0 Å². The van der Waals surface area contributed by atoms with Crippen LogP contribution in [0.2, 0.25) is 0 Å². The van der Waals surface area contributed by atoms with Gasteiger partial charge in [0.25, 0.3) is 0 Å². The SMILES string of the molecule is Brc1ccncc1OCC1COC1. The van der Waals surface area contributed by atoms with Gasteiger partial charge in [-0.1, -0.05) is 0 Å². The molecule has 70 valence electrons. The van der Waals surface area contributed by atoms with Gasteiger partial charge in [0.05, 0.1) is 30.5 Å². The molecule has 13 heavy (non-hydrogen) atoms. The van der Waals surface area contributed by atoms with Crippen LogP contribution in [0.5, 0.6) is 5.75 Å². The Morgan fingerprint density at radius 2 is 2.46 bits per heavy atom. The summed E-state index contributed by atoms with van der Waals surface area (Å²) < 4.78 is 11.5. The van der Waals surface area contributed by atoms with Crippen LogP contribution in [0.3, 0.4) is 0 Å². The predicted octanol–water partition coefficient (Wildman–Crippen LogP) is 1.87. The van der Waals surface area contributed by atoms with Gasteiger partial charge in [-0.3, -0.25) is 4.98 Å². The van der Waals surface area contributed by atoms with Crippen molar-refractivity contribution in [2.45, 2.75) is 0 Å². The van der Waals surface area contributed by atoms with E-state index in [2.05, 4.69) is 20.9 Å². The van der Waals surface area contributed by atoms with Gasteiger partial charge < -0.3 is 9.47 Å². The second-order valence-electron chi connectivity index (χ2n) is 3.02. The van der Waals surface area contributed by atoms with E-state index in [1.54, 1.807) is 12.4 Å². The zero-order chi connectivity index (χ0) is 9.10. The Labute approximate surface area is 85.2 Å². The van der Waals surface area contributed by atoms with E-state index in [-0.39, 0.29) is 0 Å². The second-order valence-corrected chi connectivity index (χ2v) is 3.87. The lowest BCUT2D eigenvalue weighted by molar-refractivity contribution is -0.0509. The highest BCUT2D eigenvalue weighted by atomic mass is 79.9. The smallest absolute Gasteiger partial charge is 0.151 e. The van der Waals surface area contributed by atoms with Gasteiger partial charge in [-0.2, -0.15) is 0 Å². The van der Waals surface area contributed by atoms with E-state index in [0.29, 0.717) is 12.5 Å². The third kappa shape index (κ3) is 2.19. The number of halogens is 1. The lowest BCUT2D eigenvalue weighted by Crippen LogP contribution is -2.32. The molecule has 0 saturated carbocycles. The molecule has 0 bridgehead atoms. The van der Waals surface area contributed by atoms with Gasteiger partial charge in [0, 0.05) is 12.1 Å². The van der Waals surface area contributed by atoms with E-state index in [4.69, 9.17) is 9.47 Å². The molecule has 0 aliphatic carbocycles. The van der Waals surface area contributed by atoms with Gasteiger partial charge in [0.15, 0.2) is 5.75 Å². The predicted molar refractivity (Wildman–Crippen MR) is 51.7 cm³/mol. The molecule has 0 atom stereocenters. The molecule has 1 saturated heterocycles. The van der Waals surface area contributed by atoms with Crippen LogP contribution in [-0.2, 0) is 4.74 Å². The Morgan fingerprint density at radius 1 is 1.62 bits per heavy atom. The highest BCUT2D eigenvalue weighted by molar-refractivity contribution is 9.10. The van der Waals surface area contributed by atoms with Crippen LogP contribution in [0, 0.1) is 5.92 Å². The number of rotatable bonds is 3. The summed E-state index contributed by atoms with van der Waals surface area (Å²) in [5.74, 6) is 1.35. The minimum absolute atomic E-state index is 0.548. The summed E-state index contributed by atoms with van der Waals surface area (Å²) in [6, 6.07) is 1.87. The summed E-state index contributed by atoms with van der Waals surface area (Å²) in [4.78, 5) is 3.98. The summed E-state index contributed by atoms with van der Waals surface area (Å²) in [5.41, 5.74) is 0. The number of pyridine rings is 1. The van der Waals surface area contributed by atoms with E-state index in [1.807, 2.05) is 6.07 Å². The zero-order valence-electron chi connectivity index (χ0n) is 7.07. The average molecular weight is 244 g/mol. The molecule has 0 amide bonds. The standard InChI is InChI=1S/C9H10BrNO2/c10-8-1-2-11-3-9(8)13-6-7-4-12-5-7/h1-3,7H,4-6H2. The Bertz CT molecular complexity index is 289. The largest absolute Gasteiger partial charge is 0.490 e. The van der Waals surface area contributed by atoms with Crippen molar-refractivity contribution in [2.75, 3.05) is 19.8 Å². The van der Waals surface area contributed by atoms with Crippen LogP contribution >= 0.6 is 15.9 Å². The Kier molecular flexibility index (Phi) is 2.80. The van der Waals surface area contributed by atoms with Gasteiger partial charge in [-0.15, -0.1) is 0 Å². The van der Waals surface area contributed by atoms with Crippen molar-refractivity contribution in [1.82, 2.24) is 4.98 Å². The average Bonchev–Trinajstić information content (AvgIpc) is 2.05. The van der Waals surface area contributed by atoms with Crippen molar-refractivity contribution in [3.05, 3.63) is 22.9 Å². The molecule has 2 rings (SSSR count). The molecule has 1 aromatic rings. The molecule has 0 N–H and O–H groups in total. The van der Waals surface area contributed by atoms with Crippen molar-refractivity contribution in [1.29, 1.82) is 0 Å². The molecule has 1 aliphatic rings.